The van der Waals surface area contributed by atoms with Gasteiger partial charge in [-0.1, -0.05) is 30.3 Å². The van der Waals surface area contributed by atoms with Gasteiger partial charge >= 0.3 is 6.18 Å². The second-order valence-electron chi connectivity index (χ2n) is 4.71. The number of hydrogen-bond donors (Lipinski definition) is 1. The average Bonchev–Trinajstić information content (AvgIpc) is 2.90. The van der Waals surface area contributed by atoms with Crippen LogP contribution in [0.5, 0.6) is 0 Å². The van der Waals surface area contributed by atoms with E-state index in [2.05, 4.69) is 0 Å². The van der Waals surface area contributed by atoms with E-state index in [9.17, 15) is 18.3 Å². The molecule has 0 fully saturated rings. The third kappa shape index (κ3) is 2.66. The van der Waals surface area contributed by atoms with E-state index in [0.717, 1.165) is 22.2 Å². The van der Waals surface area contributed by atoms with Crippen LogP contribution in [0.1, 0.15) is 22.8 Å². The van der Waals surface area contributed by atoms with Crippen LogP contribution >= 0.6 is 11.3 Å². The Morgan fingerprint density at radius 2 is 1.76 bits per heavy atom. The molecule has 0 spiro atoms. The summed E-state index contributed by atoms with van der Waals surface area (Å²) in [6.07, 6.45) is -5.48. The molecule has 3 aromatic rings. The Hall–Kier alpha value is -1.85. The summed E-state index contributed by atoms with van der Waals surface area (Å²) in [5.41, 5.74) is 0.127. The van der Waals surface area contributed by atoms with Crippen LogP contribution in [0, 0.1) is 0 Å². The van der Waals surface area contributed by atoms with Crippen molar-refractivity contribution in [2.45, 2.75) is 12.3 Å². The van der Waals surface area contributed by atoms with Gasteiger partial charge in [0.1, 0.15) is 6.10 Å². The normalized spacial score (nSPS) is 13.5. The zero-order chi connectivity index (χ0) is 15.0. The van der Waals surface area contributed by atoms with Crippen molar-refractivity contribution in [2.75, 3.05) is 0 Å². The van der Waals surface area contributed by atoms with Gasteiger partial charge < -0.3 is 5.11 Å². The zero-order valence-corrected chi connectivity index (χ0v) is 11.6. The van der Waals surface area contributed by atoms with E-state index in [4.69, 9.17) is 0 Å². The third-order valence-electron chi connectivity index (χ3n) is 3.34. The molecule has 0 saturated carbocycles. The second-order valence-corrected chi connectivity index (χ2v) is 5.62. The van der Waals surface area contributed by atoms with Gasteiger partial charge in [-0.05, 0) is 34.5 Å². The van der Waals surface area contributed by atoms with Crippen molar-refractivity contribution < 1.29 is 18.3 Å². The molecule has 1 N–H and O–H groups in total. The molecule has 0 amide bonds. The third-order valence-corrected chi connectivity index (χ3v) is 4.32. The SMILES string of the molecule is OC(c1cccc(C(F)(F)F)c1)c1csc2ccccc12. The average molecular weight is 308 g/mol. The lowest BCUT2D eigenvalue weighted by atomic mass is 9.99. The van der Waals surface area contributed by atoms with Gasteiger partial charge in [-0.2, -0.15) is 13.2 Å². The number of aliphatic hydroxyl groups excluding tert-OH is 1. The summed E-state index contributed by atoms with van der Waals surface area (Å²) in [6.45, 7) is 0. The number of thiophene rings is 1. The Bertz CT molecular complexity index is 776. The smallest absolute Gasteiger partial charge is 0.384 e. The van der Waals surface area contributed by atoms with Crippen LogP contribution < -0.4 is 0 Å². The Kier molecular flexibility index (Phi) is 3.47. The van der Waals surface area contributed by atoms with E-state index in [1.54, 1.807) is 5.38 Å². The first-order valence-electron chi connectivity index (χ1n) is 6.28. The summed E-state index contributed by atoms with van der Waals surface area (Å²) in [6, 6.07) is 12.3. The van der Waals surface area contributed by atoms with E-state index >= 15 is 0 Å². The van der Waals surface area contributed by atoms with Crippen LogP contribution in [0.4, 0.5) is 13.2 Å². The van der Waals surface area contributed by atoms with E-state index in [-0.39, 0.29) is 5.56 Å². The predicted octanol–water partition coefficient (Wildman–Crippen LogP) is 5.00. The number of rotatable bonds is 2. The molecule has 5 heteroatoms. The largest absolute Gasteiger partial charge is 0.416 e. The van der Waals surface area contributed by atoms with Crippen LogP contribution in [-0.4, -0.2) is 5.11 Å². The van der Waals surface area contributed by atoms with Crippen molar-refractivity contribution >= 4 is 21.4 Å². The zero-order valence-electron chi connectivity index (χ0n) is 10.8. The van der Waals surface area contributed by atoms with Crippen LogP contribution in [-0.2, 0) is 6.18 Å². The molecule has 0 aliphatic rings. The minimum absolute atomic E-state index is 0.244. The van der Waals surface area contributed by atoms with E-state index in [0.29, 0.717) is 5.56 Å². The summed E-state index contributed by atoms with van der Waals surface area (Å²) in [7, 11) is 0. The topological polar surface area (TPSA) is 20.2 Å². The molecule has 0 aliphatic carbocycles. The summed E-state index contributed by atoms with van der Waals surface area (Å²) >= 11 is 1.46. The van der Waals surface area contributed by atoms with Crippen LogP contribution in [0.3, 0.4) is 0 Å². The molecule has 3 rings (SSSR count). The highest BCUT2D eigenvalue weighted by atomic mass is 32.1. The van der Waals surface area contributed by atoms with Crippen LogP contribution in [0.25, 0.3) is 10.1 Å². The minimum Gasteiger partial charge on any atom is -0.384 e. The number of aliphatic hydroxyl groups is 1. The molecule has 0 aliphatic heterocycles. The lowest BCUT2D eigenvalue weighted by Crippen LogP contribution is -2.07. The highest BCUT2D eigenvalue weighted by Gasteiger charge is 2.31. The van der Waals surface area contributed by atoms with Gasteiger partial charge in [-0.3, -0.25) is 0 Å². The molecule has 2 aromatic carbocycles. The summed E-state index contributed by atoms with van der Waals surface area (Å²) in [5.74, 6) is 0. The van der Waals surface area contributed by atoms with Crippen molar-refractivity contribution in [1.82, 2.24) is 0 Å². The summed E-state index contributed by atoms with van der Waals surface area (Å²) < 4.78 is 39.2. The first-order valence-corrected chi connectivity index (χ1v) is 7.16. The van der Waals surface area contributed by atoms with E-state index in [1.807, 2.05) is 24.3 Å². The number of fused-ring (bicyclic) bond motifs is 1. The molecule has 1 unspecified atom stereocenters. The van der Waals surface area contributed by atoms with Gasteiger partial charge in [-0.25, -0.2) is 0 Å². The van der Waals surface area contributed by atoms with Crippen molar-refractivity contribution in [3.63, 3.8) is 0 Å². The van der Waals surface area contributed by atoms with Gasteiger partial charge in [0.2, 0.25) is 0 Å². The summed E-state index contributed by atoms with van der Waals surface area (Å²) in [4.78, 5) is 0. The fraction of sp³-hybridized carbons (Fsp3) is 0.125. The van der Waals surface area contributed by atoms with Gasteiger partial charge in [0.05, 0.1) is 5.56 Å². The molecule has 0 radical (unpaired) electrons. The van der Waals surface area contributed by atoms with Crippen molar-refractivity contribution in [3.8, 4) is 0 Å². The molecule has 1 heterocycles. The fourth-order valence-corrected chi connectivity index (χ4v) is 3.25. The highest BCUT2D eigenvalue weighted by Crippen LogP contribution is 2.36. The Morgan fingerprint density at radius 1 is 1.00 bits per heavy atom. The molecule has 21 heavy (non-hydrogen) atoms. The number of halogens is 3. The first kappa shape index (κ1) is 14.1. The highest BCUT2D eigenvalue weighted by molar-refractivity contribution is 7.17. The van der Waals surface area contributed by atoms with Crippen molar-refractivity contribution in [2.24, 2.45) is 0 Å². The maximum atomic E-state index is 12.7. The number of alkyl halides is 3. The van der Waals surface area contributed by atoms with E-state index < -0.39 is 17.8 Å². The fourth-order valence-electron chi connectivity index (χ4n) is 2.27. The molecule has 1 nitrogen and oxygen atoms in total. The molecule has 0 bridgehead atoms. The minimum atomic E-state index is -4.41. The molecule has 0 saturated heterocycles. The first-order chi connectivity index (χ1) is 9.97. The Balaban J connectivity index is 2.04. The van der Waals surface area contributed by atoms with E-state index in [1.165, 1.54) is 23.5 Å². The molecule has 1 atom stereocenters. The van der Waals surface area contributed by atoms with Crippen LogP contribution in [0.15, 0.2) is 53.9 Å². The van der Waals surface area contributed by atoms with Gasteiger partial charge in [-0.15, -0.1) is 11.3 Å². The van der Waals surface area contributed by atoms with Crippen molar-refractivity contribution in [1.29, 1.82) is 0 Å². The Morgan fingerprint density at radius 3 is 2.52 bits per heavy atom. The van der Waals surface area contributed by atoms with Gasteiger partial charge in [0.25, 0.3) is 0 Å². The molecule has 108 valence electrons. The lowest BCUT2D eigenvalue weighted by molar-refractivity contribution is -0.137. The number of hydrogen-bond acceptors (Lipinski definition) is 2. The standard InChI is InChI=1S/C16H11F3OS/c17-16(18,19)11-5-3-4-10(8-11)15(20)13-9-21-14-7-2-1-6-12(13)14/h1-9,15,20H. The molecular formula is C16H11F3OS. The molecule has 1 aromatic heterocycles. The quantitative estimate of drug-likeness (QED) is 0.706. The second kappa shape index (κ2) is 5.16. The lowest BCUT2D eigenvalue weighted by Gasteiger charge is -2.13. The monoisotopic (exact) mass is 308 g/mol. The number of benzene rings is 2. The van der Waals surface area contributed by atoms with Gasteiger partial charge in [0.15, 0.2) is 0 Å². The maximum Gasteiger partial charge on any atom is 0.416 e. The Labute approximate surface area is 123 Å². The van der Waals surface area contributed by atoms with Crippen molar-refractivity contribution in [3.05, 3.63) is 70.6 Å². The molecular weight excluding hydrogens is 297 g/mol. The van der Waals surface area contributed by atoms with Gasteiger partial charge in [0, 0.05) is 10.3 Å². The predicted molar refractivity (Wildman–Crippen MR) is 77.3 cm³/mol. The maximum absolute atomic E-state index is 12.7. The summed E-state index contributed by atoms with van der Waals surface area (Å²) in [5, 5.41) is 13.1. The van der Waals surface area contributed by atoms with Crippen LogP contribution in [0.2, 0.25) is 0 Å².